The Morgan fingerprint density at radius 1 is 0.902 bits per heavy atom. The van der Waals surface area contributed by atoms with Crippen LogP contribution in [0.15, 0.2) is 66.7 Å². The number of nitrogens with one attached hydrogen (secondary N) is 3. The summed E-state index contributed by atoms with van der Waals surface area (Å²) in [6.07, 6.45) is 0.936. The Kier molecular flexibility index (Phi) is 10.5. The number of hydrogen-bond donors (Lipinski definition) is 3. The highest BCUT2D eigenvalue weighted by Gasteiger charge is 2.27. The van der Waals surface area contributed by atoms with Gasteiger partial charge in [-0.05, 0) is 53.9 Å². The van der Waals surface area contributed by atoms with Gasteiger partial charge in [0.2, 0.25) is 15.9 Å². The zero-order valence-corrected chi connectivity index (χ0v) is 24.4. The van der Waals surface area contributed by atoms with Crippen molar-refractivity contribution in [3.63, 3.8) is 0 Å². The number of urea groups is 1. The molecule has 0 spiro atoms. The molecule has 0 saturated heterocycles. The van der Waals surface area contributed by atoms with Crippen LogP contribution >= 0.6 is 0 Å². The van der Waals surface area contributed by atoms with E-state index < -0.39 is 28.1 Å². The van der Waals surface area contributed by atoms with E-state index in [0.29, 0.717) is 33.9 Å². The van der Waals surface area contributed by atoms with Gasteiger partial charge < -0.3 is 25.4 Å². The van der Waals surface area contributed by atoms with Crippen molar-refractivity contribution in [3.8, 4) is 5.75 Å². The lowest BCUT2D eigenvalue weighted by Gasteiger charge is -2.25. The lowest BCUT2D eigenvalue weighted by atomic mass is 10.0. The van der Waals surface area contributed by atoms with Gasteiger partial charge in [-0.15, -0.1) is 0 Å². The third-order valence-electron chi connectivity index (χ3n) is 6.40. The van der Waals surface area contributed by atoms with Crippen LogP contribution in [0.5, 0.6) is 5.75 Å². The summed E-state index contributed by atoms with van der Waals surface area (Å²) in [7, 11) is 0.522. The predicted molar refractivity (Wildman–Crippen MR) is 158 cm³/mol. The second-order valence-corrected chi connectivity index (χ2v) is 11.4. The van der Waals surface area contributed by atoms with Crippen LogP contribution in [0.1, 0.15) is 29.2 Å². The molecule has 3 N–H and O–H groups in total. The SMILES string of the molecule is COC(=O)C[C@H](c1ccc(NC(=O)Cc2ccc(NC(=O)Nc3ccccc3C)c(OC)c2)cc1)N(C)S(C)(=O)=O. The van der Waals surface area contributed by atoms with Gasteiger partial charge in [-0.1, -0.05) is 36.4 Å². The van der Waals surface area contributed by atoms with Crippen molar-refractivity contribution in [3.05, 3.63) is 83.4 Å². The van der Waals surface area contributed by atoms with Crippen LogP contribution in [0, 0.1) is 6.92 Å². The van der Waals surface area contributed by atoms with Crippen LogP contribution in [0.3, 0.4) is 0 Å². The van der Waals surface area contributed by atoms with E-state index >= 15 is 0 Å². The molecule has 3 aromatic carbocycles. The number of aryl methyl sites for hydroxylation is 1. The minimum absolute atomic E-state index is 0.0373. The Bertz CT molecular complexity index is 1510. The first-order chi connectivity index (χ1) is 19.4. The number of ether oxygens (including phenoxy) is 2. The molecule has 0 radical (unpaired) electrons. The summed E-state index contributed by atoms with van der Waals surface area (Å²) in [4.78, 5) is 37.1. The van der Waals surface area contributed by atoms with E-state index in [1.54, 1.807) is 48.5 Å². The second kappa shape index (κ2) is 13.8. The molecule has 3 rings (SSSR count). The number of para-hydroxylation sites is 1. The molecule has 11 nitrogen and oxygen atoms in total. The summed E-state index contributed by atoms with van der Waals surface area (Å²) in [6, 6.07) is 17.8. The topological polar surface area (TPSA) is 143 Å². The molecular weight excluding hydrogens is 548 g/mol. The Hall–Kier alpha value is -4.42. The molecule has 218 valence electrons. The van der Waals surface area contributed by atoms with Crippen LogP contribution in [0.2, 0.25) is 0 Å². The van der Waals surface area contributed by atoms with E-state index in [9.17, 15) is 22.8 Å². The molecule has 41 heavy (non-hydrogen) atoms. The van der Waals surface area contributed by atoms with Crippen molar-refractivity contribution in [2.75, 3.05) is 43.5 Å². The Balaban J connectivity index is 1.65. The number of hydrogen-bond acceptors (Lipinski definition) is 7. The molecule has 0 aliphatic rings. The maximum atomic E-state index is 12.7. The number of benzene rings is 3. The molecule has 0 fully saturated rings. The molecule has 3 aromatic rings. The number of amides is 3. The number of esters is 1. The molecule has 12 heteroatoms. The van der Waals surface area contributed by atoms with Crippen molar-refractivity contribution in [1.82, 2.24) is 4.31 Å². The van der Waals surface area contributed by atoms with Crippen molar-refractivity contribution < 1.29 is 32.3 Å². The molecule has 0 aliphatic carbocycles. The van der Waals surface area contributed by atoms with Gasteiger partial charge >= 0.3 is 12.0 Å². The zero-order valence-electron chi connectivity index (χ0n) is 23.6. The van der Waals surface area contributed by atoms with E-state index in [4.69, 9.17) is 9.47 Å². The largest absolute Gasteiger partial charge is 0.495 e. The van der Waals surface area contributed by atoms with Crippen molar-refractivity contribution in [1.29, 1.82) is 0 Å². The third-order valence-corrected chi connectivity index (χ3v) is 7.70. The van der Waals surface area contributed by atoms with Gasteiger partial charge in [-0.2, -0.15) is 4.31 Å². The first kappa shape index (κ1) is 31.1. The summed E-state index contributed by atoms with van der Waals surface area (Å²) < 4.78 is 35.4. The smallest absolute Gasteiger partial charge is 0.323 e. The van der Waals surface area contributed by atoms with Crippen LogP contribution in [0.4, 0.5) is 21.9 Å². The van der Waals surface area contributed by atoms with E-state index in [1.165, 1.54) is 21.3 Å². The summed E-state index contributed by atoms with van der Waals surface area (Å²) in [5.41, 5.74) is 3.78. The molecule has 0 aromatic heterocycles. The van der Waals surface area contributed by atoms with E-state index in [0.717, 1.165) is 16.1 Å². The summed E-state index contributed by atoms with van der Waals surface area (Å²) >= 11 is 0. The first-order valence-corrected chi connectivity index (χ1v) is 14.5. The van der Waals surface area contributed by atoms with Gasteiger partial charge in [0.05, 0.1) is 45.0 Å². The van der Waals surface area contributed by atoms with Crippen LogP contribution in [-0.2, 0) is 30.8 Å². The second-order valence-electron chi connectivity index (χ2n) is 9.35. The highest BCUT2D eigenvalue weighted by Crippen LogP contribution is 2.28. The maximum absolute atomic E-state index is 12.7. The maximum Gasteiger partial charge on any atom is 0.323 e. The minimum Gasteiger partial charge on any atom is -0.495 e. The van der Waals surface area contributed by atoms with E-state index in [2.05, 4.69) is 16.0 Å². The molecule has 0 heterocycles. The lowest BCUT2D eigenvalue weighted by Crippen LogP contribution is -2.32. The highest BCUT2D eigenvalue weighted by atomic mass is 32.2. The Morgan fingerprint density at radius 3 is 2.17 bits per heavy atom. The van der Waals surface area contributed by atoms with E-state index in [1.807, 2.05) is 25.1 Å². The minimum atomic E-state index is -3.58. The van der Waals surface area contributed by atoms with Crippen molar-refractivity contribution >= 4 is 45.0 Å². The van der Waals surface area contributed by atoms with Gasteiger partial charge in [0.15, 0.2) is 0 Å². The average Bonchev–Trinajstić information content (AvgIpc) is 2.93. The number of nitrogens with zero attached hydrogens (tertiary/aromatic N) is 1. The van der Waals surface area contributed by atoms with Crippen LogP contribution in [-0.4, -0.2) is 58.2 Å². The fourth-order valence-electron chi connectivity index (χ4n) is 4.05. The standard InChI is InChI=1S/C29H34N4O7S/c1-19-8-6-7-9-23(19)31-29(36)32-24-15-10-20(16-26(24)39-3)17-27(34)30-22-13-11-21(12-14-22)25(18-28(35)40-4)33(2)41(5,37)38/h6-16,25H,17-18H2,1-5H3,(H,30,34)(H2,31,32,36)/t25-/m1/s1. The average molecular weight is 583 g/mol. The van der Waals surface area contributed by atoms with Gasteiger partial charge in [0, 0.05) is 18.4 Å². The normalized spacial score (nSPS) is 11.9. The summed E-state index contributed by atoms with van der Waals surface area (Å²) in [6.45, 7) is 1.89. The molecule has 0 unspecified atom stereocenters. The number of rotatable bonds is 11. The number of methoxy groups -OCH3 is 2. The molecular formula is C29H34N4O7S. The highest BCUT2D eigenvalue weighted by molar-refractivity contribution is 7.88. The van der Waals surface area contributed by atoms with Gasteiger partial charge in [0.1, 0.15) is 5.75 Å². The van der Waals surface area contributed by atoms with Crippen molar-refractivity contribution in [2.45, 2.75) is 25.8 Å². The van der Waals surface area contributed by atoms with Crippen LogP contribution in [0.25, 0.3) is 0 Å². The fourth-order valence-corrected chi connectivity index (χ4v) is 4.70. The fraction of sp³-hybridized carbons (Fsp3) is 0.276. The Morgan fingerprint density at radius 2 is 1.56 bits per heavy atom. The lowest BCUT2D eigenvalue weighted by molar-refractivity contribution is -0.141. The van der Waals surface area contributed by atoms with Crippen LogP contribution < -0.4 is 20.7 Å². The molecule has 0 bridgehead atoms. The number of anilines is 3. The monoisotopic (exact) mass is 582 g/mol. The number of carbonyl (C=O) groups excluding carboxylic acids is 3. The molecule has 1 atom stereocenters. The first-order valence-electron chi connectivity index (χ1n) is 12.6. The summed E-state index contributed by atoms with van der Waals surface area (Å²) in [5, 5.41) is 8.36. The predicted octanol–water partition coefficient (Wildman–Crippen LogP) is 4.32. The summed E-state index contributed by atoms with van der Waals surface area (Å²) in [5.74, 6) is -0.449. The Labute approximate surface area is 239 Å². The molecule has 3 amide bonds. The quantitative estimate of drug-likeness (QED) is 0.286. The zero-order chi connectivity index (χ0) is 30.2. The van der Waals surface area contributed by atoms with Crippen molar-refractivity contribution in [2.24, 2.45) is 0 Å². The molecule has 0 aliphatic heterocycles. The molecule has 0 saturated carbocycles. The van der Waals surface area contributed by atoms with Gasteiger partial charge in [-0.3, -0.25) is 9.59 Å². The van der Waals surface area contributed by atoms with E-state index in [-0.39, 0.29) is 18.7 Å². The number of sulfonamides is 1. The number of carbonyl (C=O) groups is 3. The third kappa shape index (κ3) is 8.78. The van der Waals surface area contributed by atoms with Gasteiger partial charge in [0.25, 0.3) is 0 Å². The van der Waals surface area contributed by atoms with Gasteiger partial charge in [-0.25, -0.2) is 13.2 Å².